The van der Waals surface area contributed by atoms with Crippen LogP contribution in [0.2, 0.25) is 0 Å². The Balaban J connectivity index is 1.45. The van der Waals surface area contributed by atoms with Crippen LogP contribution in [0.5, 0.6) is 11.8 Å². The predicted molar refractivity (Wildman–Crippen MR) is 138 cm³/mol. The first-order chi connectivity index (χ1) is 18.3. The van der Waals surface area contributed by atoms with Crippen molar-refractivity contribution in [2.75, 3.05) is 13.2 Å². The Labute approximate surface area is 219 Å². The number of hydrogen-bond acceptors (Lipinski definition) is 7. The number of H-pyrrole nitrogens is 1. The second kappa shape index (κ2) is 10.7. The molecule has 38 heavy (non-hydrogen) atoms. The molecule has 3 heterocycles. The number of benzene rings is 2. The molecule has 0 bridgehead atoms. The SMILES string of the molecule is CC(C)NC(=O)C1(C)COC(c2nc(-c3ccc(F)cc3)c(-c3ccnc(Oc4ccccc4)n3)[nH]2)OC1. The van der Waals surface area contributed by atoms with Crippen LogP contribution in [0.25, 0.3) is 22.6 Å². The highest BCUT2D eigenvalue weighted by Crippen LogP contribution is 2.36. The summed E-state index contributed by atoms with van der Waals surface area (Å²) in [5.41, 5.74) is 1.45. The van der Waals surface area contributed by atoms with Gasteiger partial charge in [-0.2, -0.15) is 4.98 Å². The maximum Gasteiger partial charge on any atom is 0.322 e. The minimum absolute atomic E-state index is 0.00608. The van der Waals surface area contributed by atoms with Gasteiger partial charge in [-0.15, -0.1) is 0 Å². The van der Waals surface area contributed by atoms with E-state index in [1.54, 1.807) is 43.5 Å². The average Bonchev–Trinajstić information content (AvgIpc) is 3.35. The molecule has 2 N–H and O–H groups in total. The molecule has 1 amide bonds. The van der Waals surface area contributed by atoms with Crippen molar-refractivity contribution in [2.24, 2.45) is 5.41 Å². The standard InChI is InChI=1S/C28H28FN5O4/c1-17(2)31-26(35)28(3)15-36-25(37-16-28)24-33-22(18-9-11-19(29)12-10-18)23(34-24)21-13-14-30-27(32-21)38-20-7-5-4-6-8-20/h4-14,17,25H,15-16H2,1-3H3,(H,31,35)(H,33,34). The van der Waals surface area contributed by atoms with Crippen LogP contribution in [0.15, 0.2) is 66.9 Å². The van der Waals surface area contributed by atoms with Crippen LogP contribution in [0, 0.1) is 11.2 Å². The van der Waals surface area contributed by atoms with E-state index in [9.17, 15) is 9.18 Å². The Morgan fingerprint density at radius 1 is 1.08 bits per heavy atom. The number of aromatic amines is 1. The molecule has 0 spiro atoms. The summed E-state index contributed by atoms with van der Waals surface area (Å²) in [6.07, 6.45) is 0.756. The molecule has 0 radical (unpaired) electrons. The third kappa shape index (κ3) is 5.56. The number of halogens is 1. The molecule has 2 aromatic carbocycles. The van der Waals surface area contributed by atoms with Gasteiger partial charge in [0.2, 0.25) is 12.2 Å². The van der Waals surface area contributed by atoms with Gasteiger partial charge < -0.3 is 24.5 Å². The van der Waals surface area contributed by atoms with Gasteiger partial charge in [0, 0.05) is 17.8 Å². The van der Waals surface area contributed by atoms with Crippen LogP contribution in [0.3, 0.4) is 0 Å². The van der Waals surface area contributed by atoms with Crippen molar-refractivity contribution in [3.05, 3.63) is 78.5 Å². The summed E-state index contributed by atoms with van der Waals surface area (Å²) in [6, 6.07) is 17.1. The molecule has 0 atom stereocenters. The van der Waals surface area contributed by atoms with Gasteiger partial charge in [0.05, 0.1) is 35.7 Å². The quantitative estimate of drug-likeness (QED) is 0.353. The lowest BCUT2D eigenvalue weighted by Crippen LogP contribution is -2.50. The largest absolute Gasteiger partial charge is 0.424 e. The molecular weight excluding hydrogens is 489 g/mol. The third-order valence-electron chi connectivity index (χ3n) is 5.98. The highest BCUT2D eigenvalue weighted by molar-refractivity contribution is 5.83. The number of rotatable bonds is 7. The molecule has 5 rings (SSSR count). The average molecular weight is 518 g/mol. The number of amides is 1. The zero-order chi connectivity index (χ0) is 26.7. The molecule has 9 nitrogen and oxygen atoms in total. The Morgan fingerprint density at radius 3 is 2.47 bits per heavy atom. The molecule has 1 fully saturated rings. The first-order valence-electron chi connectivity index (χ1n) is 12.3. The first kappa shape index (κ1) is 25.5. The van der Waals surface area contributed by atoms with Crippen molar-refractivity contribution < 1.29 is 23.4 Å². The fraction of sp³-hybridized carbons (Fsp3) is 0.286. The summed E-state index contributed by atoms with van der Waals surface area (Å²) in [5.74, 6) is 0.506. The van der Waals surface area contributed by atoms with Crippen molar-refractivity contribution in [3.63, 3.8) is 0 Å². The highest BCUT2D eigenvalue weighted by Gasteiger charge is 2.41. The van der Waals surface area contributed by atoms with E-state index in [4.69, 9.17) is 19.2 Å². The fourth-order valence-corrected chi connectivity index (χ4v) is 3.96. The maximum atomic E-state index is 13.7. The topological polar surface area (TPSA) is 111 Å². The number of para-hydroxylation sites is 1. The minimum atomic E-state index is -0.829. The molecular formula is C28H28FN5O4. The minimum Gasteiger partial charge on any atom is -0.424 e. The van der Waals surface area contributed by atoms with E-state index in [2.05, 4.69) is 20.3 Å². The summed E-state index contributed by atoms with van der Waals surface area (Å²) in [5, 5.41) is 2.91. The lowest BCUT2D eigenvalue weighted by molar-refractivity contribution is -0.231. The van der Waals surface area contributed by atoms with Gasteiger partial charge in [0.15, 0.2) is 5.82 Å². The Morgan fingerprint density at radius 2 is 1.79 bits per heavy atom. The zero-order valence-corrected chi connectivity index (χ0v) is 21.3. The van der Waals surface area contributed by atoms with Crippen molar-refractivity contribution >= 4 is 5.91 Å². The smallest absolute Gasteiger partial charge is 0.322 e. The molecule has 1 saturated heterocycles. The van der Waals surface area contributed by atoms with Gasteiger partial charge in [-0.25, -0.2) is 14.4 Å². The summed E-state index contributed by atoms with van der Waals surface area (Å²) in [7, 11) is 0. The number of carbonyl (C=O) groups is 1. The van der Waals surface area contributed by atoms with Gasteiger partial charge in [-0.05, 0) is 63.2 Å². The lowest BCUT2D eigenvalue weighted by Gasteiger charge is -2.35. The molecule has 0 saturated carbocycles. The maximum absolute atomic E-state index is 13.7. The number of imidazole rings is 1. The van der Waals surface area contributed by atoms with Gasteiger partial charge in [-0.3, -0.25) is 4.79 Å². The molecule has 1 aliphatic heterocycles. The number of carbonyl (C=O) groups excluding carboxylic acids is 1. The van der Waals surface area contributed by atoms with E-state index in [1.165, 1.54) is 12.1 Å². The summed E-state index contributed by atoms with van der Waals surface area (Å²) in [6.45, 7) is 5.91. The van der Waals surface area contributed by atoms with E-state index < -0.39 is 11.7 Å². The van der Waals surface area contributed by atoms with Crippen LogP contribution in [0.4, 0.5) is 4.39 Å². The number of nitrogens with zero attached hydrogens (tertiary/aromatic N) is 3. The van der Waals surface area contributed by atoms with Gasteiger partial charge in [-0.1, -0.05) is 18.2 Å². The van der Waals surface area contributed by atoms with Crippen LogP contribution < -0.4 is 10.1 Å². The fourth-order valence-electron chi connectivity index (χ4n) is 3.96. The number of ether oxygens (including phenoxy) is 3. The van der Waals surface area contributed by atoms with Crippen LogP contribution in [0.1, 0.15) is 32.9 Å². The zero-order valence-electron chi connectivity index (χ0n) is 21.3. The van der Waals surface area contributed by atoms with E-state index in [-0.39, 0.29) is 37.0 Å². The Hall–Kier alpha value is -4.15. The summed E-state index contributed by atoms with van der Waals surface area (Å²) < 4.78 is 31.4. The van der Waals surface area contributed by atoms with E-state index in [0.29, 0.717) is 34.2 Å². The number of nitrogens with one attached hydrogen (secondary N) is 2. The van der Waals surface area contributed by atoms with Gasteiger partial charge in [0.25, 0.3) is 0 Å². The molecule has 196 valence electrons. The molecule has 1 aliphatic rings. The number of hydrogen-bond donors (Lipinski definition) is 2. The van der Waals surface area contributed by atoms with Crippen molar-refractivity contribution in [2.45, 2.75) is 33.1 Å². The monoisotopic (exact) mass is 517 g/mol. The summed E-state index contributed by atoms with van der Waals surface area (Å²) in [4.78, 5) is 29.4. The van der Waals surface area contributed by atoms with Crippen molar-refractivity contribution in [3.8, 4) is 34.4 Å². The van der Waals surface area contributed by atoms with Crippen molar-refractivity contribution in [1.29, 1.82) is 0 Å². The molecule has 10 heteroatoms. The van der Waals surface area contributed by atoms with Crippen LogP contribution in [-0.4, -0.2) is 45.1 Å². The van der Waals surface area contributed by atoms with Gasteiger partial charge >= 0.3 is 6.01 Å². The van der Waals surface area contributed by atoms with Gasteiger partial charge in [0.1, 0.15) is 11.6 Å². The molecule has 4 aromatic rings. The lowest BCUT2D eigenvalue weighted by atomic mass is 9.90. The molecule has 2 aromatic heterocycles. The van der Waals surface area contributed by atoms with Crippen molar-refractivity contribution in [1.82, 2.24) is 25.3 Å². The number of aromatic nitrogens is 4. The Kier molecular flexibility index (Phi) is 7.17. The first-order valence-corrected chi connectivity index (χ1v) is 12.3. The van der Waals surface area contributed by atoms with Crippen LogP contribution >= 0.6 is 0 Å². The highest BCUT2D eigenvalue weighted by atomic mass is 19.1. The normalized spacial score (nSPS) is 19.3. The second-order valence-corrected chi connectivity index (χ2v) is 9.63. The third-order valence-corrected chi connectivity index (χ3v) is 5.98. The second-order valence-electron chi connectivity index (χ2n) is 9.63. The Bertz CT molecular complexity index is 1400. The van der Waals surface area contributed by atoms with E-state index in [1.807, 2.05) is 32.0 Å². The van der Waals surface area contributed by atoms with E-state index in [0.717, 1.165) is 0 Å². The van der Waals surface area contributed by atoms with Crippen LogP contribution in [-0.2, 0) is 14.3 Å². The molecule has 0 unspecified atom stereocenters. The predicted octanol–water partition coefficient (Wildman–Crippen LogP) is 5.04. The summed E-state index contributed by atoms with van der Waals surface area (Å²) >= 11 is 0. The van der Waals surface area contributed by atoms with E-state index >= 15 is 0 Å². The molecule has 0 aliphatic carbocycles.